The van der Waals surface area contributed by atoms with Crippen molar-refractivity contribution in [1.82, 2.24) is 5.32 Å². The smallest absolute Gasteiger partial charge is 0.0135 e. The summed E-state index contributed by atoms with van der Waals surface area (Å²) in [5, 5.41) is 3.41. The largest absolute Gasteiger partial charge is 0.310 e. The molecule has 0 aromatic rings. The van der Waals surface area contributed by atoms with Crippen LogP contribution in [0.3, 0.4) is 0 Å². The Labute approximate surface area is 76.6 Å². The number of rotatable bonds is 7. The first-order valence-corrected chi connectivity index (χ1v) is 4.65. The molecular weight excluding hydrogens is 146 g/mol. The second-order valence-corrected chi connectivity index (χ2v) is 3.55. The van der Waals surface area contributed by atoms with Crippen LogP contribution in [-0.2, 0) is 0 Å². The van der Waals surface area contributed by atoms with Gasteiger partial charge >= 0.3 is 0 Å². The van der Waals surface area contributed by atoms with Crippen LogP contribution in [0.5, 0.6) is 0 Å². The molecule has 0 radical (unpaired) electrons. The Hall–Kier alpha value is -0.560. The summed E-state index contributed by atoms with van der Waals surface area (Å²) in [5.74, 6) is 0.743. The average Bonchev–Trinajstić information content (AvgIpc) is 2.00. The Balaban J connectivity index is 3.68. The van der Waals surface area contributed by atoms with Crippen LogP contribution in [0, 0.1) is 5.92 Å². The first-order chi connectivity index (χ1) is 5.70. The second kappa shape index (κ2) is 7.11. The van der Waals surface area contributed by atoms with E-state index in [0.29, 0.717) is 6.04 Å². The standard InChI is InChI=1S/C11H21N/c1-5-7-11(9-10(3)4)12-8-6-2/h5-6,10-12H,1-2,7-9H2,3-4H3/t11-/m1/s1. The Kier molecular flexibility index (Phi) is 6.78. The molecule has 0 amide bonds. The highest BCUT2D eigenvalue weighted by Crippen LogP contribution is 2.07. The summed E-state index contributed by atoms with van der Waals surface area (Å²) in [5.41, 5.74) is 0. The van der Waals surface area contributed by atoms with Gasteiger partial charge in [0, 0.05) is 12.6 Å². The summed E-state index contributed by atoms with van der Waals surface area (Å²) in [4.78, 5) is 0. The van der Waals surface area contributed by atoms with Crippen molar-refractivity contribution in [2.75, 3.05) is 6.54 Å². The van der Waals surface area contributed by atoms with Gasteiger partial charge in [0.1, 0.15) is 0 Å². The molecule has 0 spiro atoms. The number of hydrogen-bond acceptors (Lipinski definition) is 1. The number of hydrogen-bond donors (Lipinski definition) is 1. The van der Waals surface area contributed by atoms with Crippen molar-refractivity contribution in [3.8, 4) is 0 Å². The fourth-order valence-corrected chi connectivity index (χ4v) is 1.28. The molecule has 1 atom stereocenters. The van der Waals surface area contributed by atoms with Gasteiger partial charge < -0.3 is 5.32 Å². The molecule has 1 nitrogen and oxygen atoms in total. The zero-order chi connectivity index (χ0) is 9.40. The molecule has 12 heavy (non-hydrogen) atoms. The fourth-order valence-electron chi connectivity index (χ4n) is 1.28. The molecule has 0 unspecified atom stereocenters. The van der Waals surface area contributed by atoms with Gasteiger partial charge in [-0.3, -0.25) is 0 Å². The minimum Gasteiger partial charge on any atom is -0.310 e. The molecule has 70 valence electrons. The predicted molar refractivity (Wildman–Crippen MR) is 56.3 cm³/mol. The van der Waals surface area contributed by atoms with Gasteiger partial charge in [-0.1, -0.05) is 26.0 Å². The van der Waals surface area contributed by atoms with Crippen molar-refractivity contribution >= 4 is 0 Å². The summed E-state index contributed by atoms with van der Waals surface area (Å²) in [7, 11) is 0. The monoisotopic (exact) mass is 167 g/mol. The number of nitrogens with one attached hydrogen (secondary N) is 1. The lowest BCUT2D eigenvalue weighted by Gasteiger charge is -2.17. The Morgan fingerprint density at radius 3 is 2.33 bits per heavy atom. The van der Waals surface area contributed by atoms with Crippen molar-refractivity contribution < 1.29 is 0 Å². The van der Waals surface area contributed by atoms with Crippen LogP contribution in [-0.4, -0.2) is 12.6 Å². The van der Waals surface area contributed by atoms with Crippen molar-refractivity contribution in [2.24, 2.45) is 5.92 Å². The minimum absolute atomic E-state index is 0.570. The third kappa shape index (κ3) is 6.17. The average molecular weight is 167 g/mol. The third-order valence-electron chi connectivity index (χ3n) is 1.76. The van der Waals surface area contributed by atoms with Crippen LogP contribution >= 0.6 is 0 Å². The van der Waals surface area contributed by atoms with Gasteiger partial charge in [-0.05, 0) is 18.8 Å². The molecule has 0 aliphatic carbocycles. The van der Waals surface area contributed by atoms with E-state index in [-0.39, 0.29) is 0 Å². The predicted octanol–water partition coefficient (Wildman–Crippen LogP) is 2.75. The van der Waals surface area contributed by atoms with Gasteiger partial charge in [0.25, 0.3) is 0 Å². The van der Waals surface area contributed by atoms with E-state index in [1.807, 2.05) is 12.2 Å². The van der Waals surface area contributed by atoms with Crippen LogP contribution in [0.25, 0.3) is 0 Å². The summed E-state index contributed by atoms with van der Waals surface area (Å²) in [6, 6.07) is 0.570. The van der Waals surface area contributed by atoms with E-state index in [0.717, 1.165) is 18.9 Å². The van der Waals surface area contributed by atoms with Crippen molar-refractivity contribution in [3.05, 3.63) is 25.3 Å². The van der Waals surface area contributed by atoms with E-state index < -0.39 is 0 Å². The zero-order valence-corrected chi connectivity index (χ0v) is 8.34. The Bertz CT molecular complexity index is 127. The molecule has 1 heteroatoms. The summed E-state index contributed by atoms with van der Waals surface area (Å²) >= 11 is 0. The van der Waals surface area contributed by atoms with E-state index in [2.05, 4.69) is 32.3 Å². The van der Waals surface area contributed by atoms with Crippen LogP contribution in [0.15, 0.2) is 25.3 Å². The molecule has 1 N–H and O–H groups in total. The van der Waals surface area contributed by atoms with Crippen molar-refractivity contribution in [2.45, 2.75) is 32.7 Å². The lowest BCUT2D eigenvalue weighted by molar-refractivity contribution is 0.435. The normalized spacial score (nSPS) is 12.9. The quantitative estimate of drug-likeness (QED) is 0.575. The van der Waals surface area contributed by atoms with Crippen molar-refractivity contribution in [3.63, 3.8) is 0 Å². The third-order valence-corrected chi connectivity index (χ3v) is 1.76. The highest BCUT2D eigenvalue weighted by atomic mass is 14.9. The van der Waals surface area contributed by atoms with E-state index in [1.165, 1.54) is 6.42 Å². The van der Waals surface area contributed by atoms with Crippen LogP contribution in [0.1, 0.15) is 26.7 Å². The highest BCUT2D eigenvalue weighted by molar-refractivity contribution is 4.81. The van der Waals surface area contributed by atoms with Gasteiger partial charge in [0.05, 0.1) is 0 Å². The van der Waals surface area contributed by atoms with Gasteiger partial charge in [0.2, 0.25) is 0 Å². The molecule has 0 aliphatic rings. The molecule has 0 aromatic heterocycles. The van der Waals surface area contributed by atoms with Crippen LogP contribution in [0.4, 0.5) is 0 Å². The molecule has 0 rings (SSSR count). The van der Waals surface area contributed by atoms with Crippen LogP contribution in [0.2, 0.25) is 0 Å². The maximum Gasteiger partial charge on any atom is 0.0135 e. The summed E-state index contributed by atoms with van der Waals surface area (Å²) in [6.07, 6.45) is 6.13. The van der Waals surface area contributed by atoms with Crippen LogP contribution < -0.4 is 5.32 Å². The lowest BCUT2D eigenvalue weighted by Crippen LogP contribution is -2.29. The maximum absolute atomic E-state index is 3.75. The fraction of sp³-hybridized carbons (Fsp3) is 0.636. The van der Waals surface area contributed by atoms with E-state index in [4.69, 9.17) is 0 Å². The van der Waals surface area contributed by atoms with Gasteiger partial charge in [0.15, 0.2) is 0 Å². The Morgan fingerprint density at radius 2 is 1.92 bits per heavy atom. The maximum atomic E-state index is 3.75. The summed E-state index contributed by atoms with van der Waals surface area (Å²) in [6.45, 7) is 12.8. The molecule has 0 aromatic carbocycles. The lowest BCUT2D eigenvalue weighted by atomic mass is 10.0. The first kappa shape index (κ1) is 11.4. The summed E-state index contributed by atoms with van der Waals surface area (Å²) < 4.78 is 0. The molecule has 0 saturated heterocycles. The molecule has 0 fully saturated rings. The SMILES string of the molecule is C=CCN[C@H](CC=C)CC(C)C. The van der Waals surface area contributed by atoms with Gasteiger partial charge in [-0.2, -0.15) is 0 Å². The van der Waals surface area contributed by atoms with Gasteiger partial charge in [-0.15, -0.1) is 13.2 Å². The topological polar surface area (TPSA) is 12.0 Å². The van der Waals surface area contributed by atoms with E-state index in [1.54, 1.807) is 0 Å². The first-order valence-electron chi connectivity index (χ1n) is 4.65. The molecule has 0 heterocycles. The molecular formula is C11H21N. The molecule has 0 aliphatic heterocycles. The van der Waals surface area contributed by atoms with Crippen molar-refractivity contribution in [1.29, 1.82) is 0 Å². The van der Waals surface area contributed by atoms with E-state index >= 15 is 0 Å². The van der Waals surface area contributed by atoms with E-state index in [9.17, 15) is 0 Å². The Morgan fingerprint density at radius 1 is 1.25 bits per heavy atom. The van der Waals surface area contributed by atoms with Gasteiger partial charge in [-0.25, -0.2) is 0 Å². The molecule has 0 saturated carbocycles. The zero-order valence-electron chi connectivity index (χ0n) is 8.34. The minimum atomic E-state index is 0.570. The highest BCUT2D eigenvalue weighted by Gasteiger charge is 2.06. The molecule has 0 bridgehead atoms. The second-order valence-electron chi connectivity index (χ2n) is 3.55.